The van der Waals surface area contributed by atoms with Crippen molar-refractivity contribution in [2.45, 2.75) is 31.8 Å². The lowest BCUT2D eigenvalue weighted by molar-refractivity contribution is -0.139. The minimum absolute atomic E-state index is 0.00768. The van der Waals surface area contributed by atoms with E-state index in [4.69, 9.17) is 5.11 Å². The van der Waals surface area contributed by atoms with Gasteiger partial charge in [-0.3, -0.25) is 15.0 Å². The Morgan fingerprint density at radius 1 is 1.45 bits per heavy atom. The van der Waals surface area contributed by atoms with Crippen molar-refractivity contribution in [3.63, 3.8) is 0 Å². The predicted octanol–water partition coefficient (Wildman–Crippen LogP) is 1.28. The largest absolute Gasteiger partial charge is 0.480 e. The van der Waals surface area contributed by atoms with Crippen LogP contribution in [-0.2, 0) is 4.79 Å². The minimum atomic E-state index is -0.849. The van der Waals surface area contributed by atoms with Gasteiger partial charge in [0.05, 0.1) is 12.7 Å². The van der Waals surface area contributed by atoms with Crippen molar-refractivity contribution < 1.29 is 19.1 Å². The fourth-order valence-corrected chi connectivity index (χ4v) is 2.46. The molecule has 2 rings (SSSR count). The van der Waals surface area contributed by atoms with Crippen LogP contribution in [0.1, 0.15) is 19.8 Å². The lowest BCUT2D eigenvalue weighted by atomic mass is 9.85. The Morgan fingerprint density at radius 3 is 2.73 bits per heavy atom. The zero-order valence-corrected chi connectivity index (χ0v) is 12.3. The van der Waals surface area contributed by atoms with Crippen molar-refractivity contribution in [3.05, 3.63) is 24.1 Å². The molecule has 0 aromatic carbocycles. The summed E-state index contributed by atoms with van der Waals surface area (Å²) in [5.41, 5.74) is 0. The highest BCUT2D eigenvalue weighted by molar-refractivity contribution is 5.88. The zero-order chi connectivity index (χ0) is 16.1. The van der Waals surface area contributed by atoms with Gasteiger partial charge in [-0.15, -0.1) is 0 Å². The van der Waals surface area contributed by atoms with Gasteiger partial charge in [0.1, 0.15) is 11.6 Å². The van der Waals surface area contributed by atoms with Crippen LogP contribution in [0.2, 0.25) is 0 Å². The first-order valence-electron chi connectivity index (χ1n) is 7.12. The average molecular weight is 310 g/mol. The number of aliphatic carboxylic acids is 1. The van der Waals surface area contributed by atoms with Gasteiger partial charge in [0.15, 0.2) is 0 Å². The summed E-state index contributed by atoms with van der Waals surface area (Å²) in [5, 5.41) is 14.1. The summed E-state index contributed by atoms with van der Waals surface area (Å²) in [6, 6.07) is 2.38. The summed E-state index contributed by atoms with van der Waals surface area (Å²) < 4.78 is 12.7. The van der Waals surface area contributed by atoms with Crippen molar-refractivity contribution in [1.82, 2.24) is 15.2 Å². The molecule has 22 heavy (non-hydrogen) atoms. The molecule has 0 bridgehead atoms. The van der Waals surface area contributed by atoms with Crippen LogP contribution in [0.25, 0.3) is 0 Å². The Balaban J connectivity index is 1.73. The van der Waals surface area contributed by atoms with Gasteiger partial charge in [0, 0.05) is 12.1 Å². The normalized spacial score (nSPS) is 20.3. The Labute approximate surface area is 127 Å². The summed E-state index contributed by atoms with van der Waals surface area (Å²) in [4.78, 5) is 28.1. The topological polar surface area (TPSA) is 94.6 Å². The highest BCUT2D eigenvalue weighted by Gasteiger charge is 2.34. The number of anilines is 1. The molecule has 1 heterocycles. The molecule has 0 saturated heterocycles. The average Bonchev–Trinajstić information content (AvgIpc) is 2.42. The van der Waals surface area contributed by atoms with Crippen molar-refractivity contribution >= 4 is 17.8 Å². The number of pyridine rings is 1. The summed E-state index contributed by atoms with van der Waals surface area (Å²) in [6.07, 6.45) is 2.46. The number of carboxylic acids is 1. The molecule has 3 N–H and O–H groups in total. The van der Waals surface area contributed by atoms with Crippen molar-refractivity contribution in [1.29, 1.82) is 0 Å². The zero-order valence-electron chi connectivity index (χ0n) is 12.3. The van der Waals surface area contributed by atoms with E-state index in [1.54, 1.807) is 0 Å². The van der Waals surface area contributed by atoms with Gasteiger partial charge in [0.2, 0.25) is 0 Å². The second-order valence-corrected chi connectivity index (χ2v) is 5.24. The predicted molar refractivity (Wildman–Crippen MR) is 78.0 cm³/mol. The lowest BCUT2D eigenvalue weighted by Gasteiger charge is -2.42. The van der Waals surface area contributed by atoms with Crippen LogP contribution >= 0.6 is 0 Å². The van der Waals surface area contributed by atoms with Crippen molar-refractivity contribution in [2.24, 2.45) is 0 Å². The van der Waals surface area contributed by atoms with Gasteiger partial charge < -0.3 is 10.4 Å². The monoisotopic (exact) mass is 310 g/mol. The van der Waals surface area contributed by atoms with Crippen molar-refractivity contribution in [3.8, 4) is 0 Å². The summed E-state index contributed by atoms with van der Waals surface area (Å²) >= 11 is 0. The quantitative estimate of drug-likeness (QED) is 0.736. The number of urea groups is 1. The first-order chi connectivity index (χ1) is 10.5. The van der Waals surface area contributed by atoms with E-state index in [0.29, 0.717) is 19.4 Å². The van der Waals surface area contributed by atoms with Crippen LogP contribution in [0.5, 0.6) is 0 Å². The Bertz CT molecular complexity index is 531. The Kier molecular flexibility index (Phi) is 5.26. The molecule has 1 fully saturated rings. The molecule has 1 aromatic heterocycles. The maximum absolute atomic E-state index is 12.7. The van der Waals surface area contributed by atoms with Crippen LogP contribution in [0.4, 0.5) is 15.0 Å². The van der Waals surface area contributed by atoms with E-state index >= 15 is 0 Å². The van der Waals surface area contributed by atoms with E-state index < -0.39 is 17.8 Å². The van der Waals surface area contributed by atoms with E-state index in [1.807, 2.05) is 11.8 Å². The van der Waals surface area contributed by atoms with Gasteiger partial charge in [-0.1, -0.05) is 6.92 Å². The number of aromatic nitrogens is 1. The van der Waals surface area contributed by atoms with Crippen LogP contribution < -0.4 is 10.6 Å². The molecule has 1 aliphatic carbocycles. The molecule has 120 valence electrons. The number of nitrogens with one attached hydrogen (secondary N) is 2. The first-order valence-corrected chi connectivity index (χ1v) is 7.12. The van der Waals surface area contributed by atoms with Gasteiger partial charge in [0.25, 0.3) is 0 Å². The van der Waals surface area contributed by atoms with Crippen LogP contribution in [0, 0.1) is 5.82 Å². The van der Waals surface area contributed by atoms with E-state index in [1.165, 1.54) is 12.1 Å². The molecule has 7 nitrogen and oxygen atoms in total. The third-order valence-electron chi connectivity index (χ3n) is 3.68. The van der Waals surface area contributed by atoms with E-state index in [0.717, 1.165) is 6.20 Å². The number of carboxylic acid groups (broad SMARTS) is 1. The van der Waals surface area contributed by atoms with E-state index in [-0.39, 0.29) is 24.4 Å². The molecular formula is C14H19FN4O3. The highest BCUT2D eigenvalue weighted by Crippen LogP contribution is 2.25. The van der Waals surface area contributed by atoms with Crippen LogP contribution in [-0.4, -0.2) is 52.2 Å². The number of hydrogen-bond donors (Lipinski definition) is 3. The molecule has 0 aliphatic heterocycles. The Hall–Kier alpha value is -2.22. The minimum Gasteiger partial charge on any atom is -0.480 e. The molecule has 0 radical (unpaired) electrons. The van der Waals surface area contributed by atoms with Crippen LogP contribution in [0.3, 0.4) is 0 Å². The Morgan fingerprint density at radius 2 is 2.18 bits per heavy atom. The maximum Gasteiger partial charge on any atom is 0.320 e. The van der Waals surface area contributed by atoms with Crippen molar-refractivity contribution in [2.75, 3.05) is 18.4 Å². The van der Waals surface area contributed by atoms with E-state index in [2.05, 4.69) is 15.6 Å². The third-order valence-corrected chi connectivity index (χ3v) is 3.68. The number of carbonyl (C=O) groups is 2. The number of rotatable bonds is 6. The molecule has 8 heteroatoms. The second-order valence-electron chi connectivity index (χ2n) is 5.24. The fraction of sp³-hybridized carbons (Fsp3) is 0.500. The fourth-order valence-electron chi connectivity index (χ4n) is 2.46. The SMILES string of the molecule is CCN(CC(=O)O)C1CC(NC(=O)Nc2ccc(F)cn2)C1. The van der Waals surface area contributed by atoms with Gasteiger partial charge in [-0.05, 0) is 31.5 Å². The van der Waals surface area contributed by atoms with Gasteiger partial charge >= 0.3 is 12.0 Å². The number of likely N-dealkylation sites (N-methyl/N-ethyl adjacent to an activating group) is 1. The molecular weight excluding hydrogens is 291 g/mol. The molecule has 0 unspecified atom stereocenters. The molecule has 0 atom stereocenters. The molecule has 1 saturated carbocycles. The van der Waals surface area contributed by atoms with E-state index in [9.17, 15) is 14.0 Å². The smallest absolute Gasteiger partial charge is 0.320 e. The number of hydrogen-bond acceptors (Lipinski definition) is 4. The first kappa shape index (κ1) is 16.2. The number of halogens is 1. The van der Waals surface area contributed by atoms with Crippen LogP contribution in [0.15, 0.2) is 18.3 Å². The summed E-state index contributed by atoms with van der Waals surface area (Å²) in [5.74, 6) is -1.04. The molecule has 1 aliphatic rings. The number of amides is 2. The standard InChI is InChI=1S/C14H19FN4O3/c1-2-19(8-13(20)21)11-5-10(6-11)17-14(22)18-12-4-3-9(15)7-16-12/h3-4,7,10-11H,2,5-6,8H2,1H3,(H,20,21)(H2,16,17,18,22). The summed E-state index contributed by atoms with van der Waals surface area (Å²) in [6.45, 7) is 2.59. The van der Waals surface area contributed by atoms with Gasteiger partial charge in [-0.2, -0.15) is 0 Å². The summed E-state index contributed by atoms with van der Waals surface area (Å²) in [7, 11) is 0. The number of nitrogens with zero attached hydrogens (tertiary/aromatic N) is 2. The molecule has 1 aromatic rings. The third kappa shape index (κ3) is 4.39. The lowest BCUT2D eigenvalue weighted by Crippen LogP contribution is -2.55. The second kappa shape index (κ2) is 7.17. The number of carbonyl (C=O) groups excluding carboxylic acids is 1. The highest BCUT2D eigenvalue weighted by atomic mass is 19.1. The molecule has 2 amide bonds. The maximum atomic E-state index is 12.7. The molecule has 0 spiro atoms. The van der Waals surface area contributed by atoms with Gasteiger partial charge in [-0.25, -0.2) is 14.2 Å².